The van der Waals surface area contributed by atoms with E-state index in [1.165, 1.54) is 24.3 Å². The van der Waals surface area contributed by atoms with Crippen LogP contribution in [0.3, 0.4) is 0 Å². The molecule has 2 amide bonds. The molecule has 1 saturated carbocycles. The van der Waals surface area contributed by atoms with Crippen LogP contribution < -0.4 is 10.6 Å². The summed E-state index contributed by atoms with van der Waals surface area (Å²) in [6, 6.07) is 10.0. The van der Waals surface area contributed by atoms with Gasteiger partial charge < -0.3 is 10.6 Å². The highest BCUT2D eigenvalue weighted by atomic mass is 35.5. The van der Waals surface area contributed by atoms with E-state index in [-0.39, 0.29) is 10.7 Å². The van der Waals surface area contributed by atoms with Crippen LogP contribution in [0.2, 0.25) is 5.02 Å². The van der Waals surface area contributed by atoms with Gasteiger partial charge in [-0.3, -0.25) is 9.59 Å². The van der Waals surface area contributed by atoms with Gasteiger partial charge in [0.1, 0.15) is 27.3 Å². The van der Waals surface area contributed by atoms with Gasteiger partial charge in [0, 0.05) is 11.6 Å². The summed E-state index contributed by atoms with van der Waals surface area (Å²) in [7, 11) is 0. The number of carbonyl (C=O) groups is 2. The SMILES string of the molecule is O=C(Nc1ccc(F)cc1)c1c(F)ccc(NC(=O)C2C(c3ccc(F)c(Cl)c3)C2(Cl)Cl)c1F. The monoisotopic (exact) mass is 530 g/mol. The van der Waals surface area contributed by atoms with Crippen LogP contribution in [0.4, 0.5) is 28.9 Å². The van der Waals surface area contributed by atoms with E-state index in [1.54, 1.807) is 0 Å². The Bertz CT molecular complexity index is 1300. The van der Waals surface area contributed by atoms with Crippen LogP contribution in [0, 0.1) is 29.2 Å². The van der Waals surface area contributed by atoms with Crippen molar-refractivity contribution in [2.45, 2.75) is 10.3 Å². The molecular formula is C23H13Cl3F4N2O2. The van der Waals surface area contributed by atoms with Crippen LogP contribution in [0.5, 0.6) is 0 Å². The molecule has 3 aromatic rings. The van der Waals surface area contributed by atoms with Gasteiger partial charge in [0.25, 0.3) is 5.91 Å². The highest BCUT2D eigenvalue weighted by Gasteiger charge is 2.67. The third-order valence-corrected chi connectivity index (χ3v) is 6.55. The molecule has 0 aromatic heterocycles. The molecule has 2 atom stereocenters. The number of rotatable bonds is 5. The van der Waals surface area contributed by atoms with Crippen molar-refractivity contribution in [3.05, 3.63) is 94.0 Å². The lowest BCUT2D eigenvalue weighted by Crippen LogP contribution is -2.21. The van der Waals surface area contributed by atoms with E-state index in [0.29, 0.717) is 5.56 Å². The van der Waals surface area contributed by atoms with E-state index in [9.17, 15) is 22.8 Å². The second kappa shape index (κ2) is 9.09. The molecule has 11 heteroatoms. The molecular weight excluding hydrogens is 519 g/mol. The molecule has 176 valence electrons. The molecule has 0 radical (unpaired) electrons. The minimum atomic E-state index is -1.58. The van der Waals surface area contributed by atoms with Crippen molar-refractivity contribution in [3.63, 3.8) is 0 Å². The maximum atomic E-state index is 15.0. The van der Waals surface area contributed by atoms with Crippen LogP contribution >= 0.6 is 34.8 Å². The van der Waals surface area contributed by atoms with Gasteiger partial charge in [-0.25, -0.2) is 17.6 Å². The molecule has 4 rings (SSSR count). The van der Waals surface area contributed by atoms with Crippen molar-refractivity contribution in [1.29, 1.82) is 0 Å². The lowest BCUT2D eigenvalue weighted by Gasteiger charge is -2.12. The molecule has 2 N–H and O–H groups in total. The van der Waals surface area contributed by atoms with Crippen LogP contribution in [-0.4, -0.2) is 16.1 Å². The summed E-state index contributed by atoms with van der Waals surface area (Å²) in [6.07, 6.45) is 0. The lowest BCUT2D eigenvalue weighted by molar-refractivity contribution is -0.117. The van der Waals surface area contributed by atoms with Crippen molar-refractivity contribution >= 4 is 58.0 Å². The van der Waals surface area contributed by atoms with Gasteiger partial charge in [-0.15, -0.1) is 23.2 Å². The maximum absolute atomic E-state index is 15.0. The Morgan fingerprint density at radius 2 is 1.50 bits per heavy atom. The lowest BCUT2D eigenvalue weighted by atomic mass is 10.1. The van der Waals surface area contributed by atoms with Gasteiger partial charge in [-0.05, 0) is 54.1 Å². The second-order valence-electron chi connectivity index (χ2n) is 7.54. The number of nitrogens with one attached hydrogen (secondary N) is 2. The van der Waals surface area contributed by atoms with Crippen molar-refractivity contribution in [3.8, 4) is 0 Å². The number of amides is 2. The molecule has 0 spiro atoms. The smallest absolute Gasteiger partial charge is 0.261 e. The third kappa shape index (κ3) is 4.58. The average molecular weight is 532 g/mol. The number of carbonyl (C=O) groups excluding carboxylic acids is 2. The summed E-state index contributed by atoms with van der Waals surface area (Å²) in [5.41, 5.74) is -0.937. The molecule has 0 aliphatic heterocycles. The summed E-state index contributed by atoms with van der Waals surface area (Å²) in [5, 5.41) is 4.33. The molecule has 1 fully saturated rings. The van der Waals surface area contributed by atoms with Crippen LogP contribution in [-0.2, 0) is 4.79 Å². The summed E-state index contributed by atoms with van der Waals surface area (Å²) < 4.78 is 54.2. The number of halogens is 7. The van der Waals surface area contributed by atoms with Crippen molar-refractivity contribution in [2.24, 2.45) is 5.92 Å². The summed E-state index contributed by atoms with van der Waals surface area (Å²) in [4.78, 5) is 25.2. The first-order valence-electron chi connectivity index (χ1n) is 9.69. The highest BCUT2D eigenvalue weighted by Crippen LogP contribution is 2.65. The van der Waals surface area contributed by atoms with E-state index < -0.39 is 62.5 Å². The Morgan fingerprint density at radius 3 is 2.15 bits per heavy atom. The van der Waals surface area contributed by atoms with Crippen LogP contribution in [0.25, 0.3) is 0 Å². The molecule has 0 saturated heterocycles. The Kier molecular flexibility index (Phi) is 6.50. The fourth-order valence-corrected chi connectivity index (χ4v) is 4.59. The van der Waals surface area contributed by atoms with Gasteiger partial charge >= 0.3 is 0 Å². The molecule has 0 bridgehead atoms. The topological polar surface area (TPSA) is 58.2 Å². The Labute approximate surface area is 205 Å². The van der Waals surface area contributed by atoms with E-state index in [2.05, 4.69) is 10.6 Å². The number of anilines is 2. The number of alkyl halides is 2. The van der Waals surface area contributed by atoms with E-state index >= 15 is 4.39 Å². The quantitative estimate of drug-likeness (QED) is 0.285. The van der Waals surface area contributed by atoms with Crippen molar-refractivity contribution < 1.29 is 27.2 Å². The zero-order chi connectivity index (χ0) is 24.8. The Hall–Kier alpha value is -2.81. The molecule has 1 aliphatic carbocycles. The van der Waals surface area contributed by atoms with Gasteiger partial charge in [0.05, 0.1) is 16.6 Å². The Morgan fingerprint density at radius 1 is 0.853 bits per heavy atom. The second-order valence-corrected chi connectivity index (χ2v) is 9.39. The summed E-state index contributed by atoms with van der Waals surface area (Å²) in [6.45, 7) is 0. The first-order valence-corrected chi connectivity index (χ1v) is 10.8. The summed E-state index contributed by atoms with van der Waals surface area (Å²) >= 11 is 18.2. The van der Waals surface area contributed by atoms with Crippen LogP contribution in [0.1, 0.15) is 21.8 Å². The Balaban J connectivity index is 1.55. The van der Waals surface area contributed by atoms with E-state index in [4.69, 9.17) is 34.8 Å². The average Bonchev–Trinajstić information content (AvgIpc) is 3.36. The van der Waals surface area contributed by atoms with Gasteiger partial charge in [0.15, 0.2) is 5.82 Å². The minimum absolute atomic E-state index is 0.104. The molecule has 3 aromatic carbocycles. The normalized spacial score (nSPS) is 18.3. The first kappa shape index (κ1) is 24.3. The molecule has 1 aliphatic rings. The summed E-state index contributed by atoms with van der Waals surface area (Å²) in [5.74, 6) is -7.50. The number of benzene rings is 3. The zero-order valence-electron chi connectivity index (χ0n) is 16.8. The zero-order valence-corrected chi connectivity index (χ0v) is 19.1. The van der Waals surface area contributed by atoms with E-state index in [0.717, 1.165) is 30.3 Å². The number of hydrogen-bond donors (Lipinski definition) is 2. The van der Waals surface area contributed by atoms with Gasteiger partial charge in [0.2, 0.25) is 5.91 Å². The minimum Gasteiger partial charge on any atom is -0.323 e. The maximum Gasteiger partial charge on any atom is 0.261 e. The van der Waals surface area contributed by atoms with Gasteiger partial charge in [-0.2, -0.15) is 0 Å². The van der Waals surface area contributed by atoms with Crippen molar-refractivity contribution in [2.75, 3.05) is 10.6 Å². The first-order chi connectivity index (χ1) is 16.0. The predicted molar refractivity (Wildman–Crippen MR) is 121 cm³/mol. The van der Waals surface area contributed by atoms with Gasteiger partial charge in [-0.1, -0.05) is 17.7 Å². The standard InChI is InChI=1S/C23H13Cl3F4N2O2/c24-13-9-10(1-6-14(13)28)18-19(23(18,25)26)22(34)32-16-8-7-15(29)17(20(16)30)21(33)31-12-4-2-11(27)3-5-12/h1-9,18-19H,(H,31,33)(H,32,34). The number of hydrogen-bond acceptors (Lipinski definition) is 2. The van der Waals surface area contributed by atoms with Crippen LogP contribution in [0.15, 0.2) is 54.6 Å². The van der Waals surface area contributed by atoms with Crippen molar-refractivity contribution in [1.82, 2.24) is 0 Å². The highest BCUT2D eigenvalue weighted by molar-refractivity contribution is 6.53. The molecule has 0 heterocycles. The molecule has 2 unspecified atom stereocenters. The van der Waals surface area contributed by atoms with E-state index in [1.807, 2.05) is 0 Å². The fourth-order valence-electron chi connectivity index (χ4n) is 3.57. The molecule has 4 nitrogen and oxygen atoms in total. The fraction of sp³-hybridized carbons (Fsp3) is 0.130. The third-order valence-electron chi connectivity index (χ3n) is 5.32. The molecule has 34 heavy (non-hydrogen) atoms. The predicted octanol–water partition coefficient (Wildman–Crippen LogP) is 6.67. The largest absolute Gasteiger partial charge is 0.323 e.